The zero-order valence-electron chi connectivity index (χ0n) is 17.0. The maximum atomic E-state index is 13.1. The molecule has 1 fully saturated rings. The highest BCUT2D eigenvalue weighted by atomic mass is 16.2. The third kappa shape index (κ3) is 3.18. The average molecular weight is 400 g/mol. The monoisotopic (exact) mass is 400 g/mol. The minimum atomic E-state index is -0.0752. The van der Waals surface area contributed by atoms with Crippen LogP contribution in [0.4, 0.5) is 0 Å². The van der Waals surface area contributed by atoms with Crippen LogP contribution in [-0.2, 0) is 6.54 Å². The van der Waals surface area contributed by atoms with Crippen LogP contribution in [-0.4, -0.2) is 37.8 Å². The number of amides is 1. The lowest BCUT2D eigenvalue weighted by atomic mass is 9.98. The summed E-state index contributed by atoms with van der Waals surface area (Å²) in [7, 11) is 0. The number of pyridine rings is 1. The van der Waals surface area contributed by atoms with Crippen molar-refractivity contribution in [2.75, 3.05) is 13.1 Å². The van der Waals surface area contributed by atoms with E-state index in [-0.39, 0.29) is 11.5 Å². The Balaban J connectivity index is 1.45. The normalized spacial score (nSPS) is 15.2. The Morgan fingerprint density at radius 3 is 2.53 bits per heavy atom. The van der Waals surface area contributed by atoms with Crippen molar-refractivity contribution in [1.29, 1.82) is 0 Å². The van der Waals surface area contributed by atoms with E-state index in [1.165, 1.54) is 0 Å². The highest BCUT2D eigenvalue weighted by molar-refractivity contribution is 5.94. The lowest BCUT2D eigenvalue weighted by Gasteiger charge is -2.30. The van der Waals surface area contributed by atoms with E-state index < -0.39 is 0 Å². The van der Waals surface area contributed by atoms with Gasteiger partial charge in [-0.15, -0.1) is 0 Å². The van der Waals surface area contributed by atoms with Crippen molar-refractivity contribution < 1.29 is 4.79 Å². The van der Waals surface area contributed by atoms with Crippen molar-refractivity contribution in [3.05, 3.63) is 82.4 Å². The second-order valence-electron chi connectivity index (χ2n) is 8.17. The number of aromatic nitrogens is 3. The van der Waals surface area contributed by atoms with Gasteiger partial charge in [0, 0.05) is 31.0 Å². The molecule has 30 heavy (non-hydrogen) atoms. The third-order valence-corrected chi connectivity index (χ3v) is 6.11. The molecule has 1 saturated heterocycles. The van der Waals surface area contributed by atoms with Crippen molar-refractivity contribution >= 4 is 22.6 Å². The molecule has 0 bridgehead atoms. The predicted octanol–water partition coefficient (Wildman–Crippen LogP) is 3.57. The van der Waals surface area contributed by atoms with Crippen molar-refractivity contribution in [2.24, 2.45) is 5.92 Å². The first-order valence-electron chi connectivity index (χ1n) is 10.4. The molecule has 1 amide bonds. The molecule has 6 heteroatoms. The Kier molecular flexibility index (Phi) is 4.62. The van der Waals surface area contributed by atoms with Crippen molar-refractivity contribution in [3.8, 4) is 0 Å². The number of benzene rings is 1. The molecule has 6 nitrogen and oxygen atoms in total. The molecular formula is C24H24N4O2. The molecule has 4 heterocycles. The van der Waals surface area contributed by atoms with Gasteiger partial charge < -0.3 is 9.30 Å². The fourth-order valence-corrected chi connectivity index (χ4v) is 4.26. The number of hydrogen-bond acceptors (Lipinski definition) is 3. The molecule has 3 aromatic heterocycles. The summed E-state index contributed by atoms with van der Waals surface area (Å²) in [6.45, 7) is 4.30. The maximum Gasteiger partial charge on any atom is 0.276 e. The predicted molar refractivity (Wildman–Crippen MR) is 117 cm³/mol. The molecule has 0 aliphatic carbocycles. The van der Waals surface area contributed by atoms with E-state index in [9.17, 15) is 9.59 Å². The summed E-state index contributed by atoms with van der Waals surface area (Å²) < 4.78 is 3.58. The van der Waals surface area contributed by atoms with E-state index in [0.29, 0.717) is 29.2 Å². The summed E-state index contributed by atoms with van der Waals surface area (Å²) in [5.41, 5.74) is 3.75. The van der Waals surface area contributed by atoms with Crippen LogP contribution in [0.2, 0.25) is 0 Å². The SMILES string of the molecule is CC1CCN(C(=O)c2ccc(Cn3c(=O)c4cccn4c4cccnc43)cc2)CC1. The maximum absolute atomic E-state index is 13.1. The van der Waals surface area contributed by atoms with Gasteiger partial charge in [0.2, 0.25) is 0 Å². The quantitative estimate of drug-likeness (QED) is 0.528. The second kappa shape index (κ2) is 7.44. The van der Waals surface area contributed by atoms with Crippen molar-refractivity contribution in [3.63, 3.8) is 0 Å². The molecule has 0 spiro atoms. The molecule has 4 aromatic rings. The number of carbonyl (C=O) groups excluding carboxylic acids is 1. The first kappa shape index (κ1) is 18.6. The molecule has 1 aromatic carbocycles. The van der Waals surface area contributed by atoms with Gasteiger partial charge >= 0.3 is 0 Å². The number of fused-ring (bicyclic) bond motifs is 3. The van der Waals surface area contributed by atoms with Gasteiger partial charge in [-0.25, -0.2) is 4.98 Å². The summed E-state index contributed by atoms with van der Waals surface area (Å²) in [6, 6.07) is 15.1. The van der Waals surface area contributed by atoms with Gasteiger partial charge in [0.05, 0.1) is 12.1 Å². The van der Waals surface area contributed by atoms with Crippen LogP contribution in [0, 0.1) is 5.92 Å². The Morgan fingerprint density at radius 2 is 1.77 bits per heavy atom. The van der Waals surface area contributed by atoms with Gasteiger partial charge in [-0.3, -0.25) is 14.2 Å². The number of rotatable bonds is 3. The van der Waals surface area contributed by atoms with E-state index in [1.54, 1.807) is 10.8 Å². The molecule has 0 atom stereocenters. The lowest BCUT2D eigenvalue weighted by Crippen LogP contribution is -2.37. The number of hydrogen-bond donors (Lipinski definition) is 0. The van der Waals surface area contributed by atoms with Crippen LogP contribution in [0.5, 0.6) is 0 Å². The van der Waals surface area contributed by atoms with Gasteiger partial charge in [-0.2, -0.15) is 0 Å². The molecule has 0 N–H and O–H groups in total. The van der Waals surface area contributed by atoms with Crippen molar-refractivity contribution in [2.45, 2.75) is 26.3 Å². The van der Waals surface area contributed by atoms with Gasteiger partial charge in [0.1, 0.15) is 5.52 Å². The van der Waals surface area contributed by atoms with E-state index in [2.05, 4.69) is 11.9 Å². The summed E-state index contributed by atoms with van der Waals surface area (Å²) in [5.74, 6) is 0.781. The molecule has 1 aliphatic heterocycles. The Bertz CT molecular complexity index is 1280. The molecule has 152 valence electrons. The molecule has 1 aliphatic rings. The fraction of sp³-hybridized carbons (Fsp3) is 0.292. The zero-order valence-corrected chi connectivity index (χ0v) is 17.0. The van der Waals surface area contributed by atoms with Crippen LogP contribution in [0.1, 0.15) is 35.7 Å². The van der Waals surface area contributed by atoms with E-state index in [1.807, 2.05) is 64.0 Å². The summed E-state index contributed by atoms with van der Waals surface area (Å²) in [6.07, 6.45) is 5.71. The minimum Gasteiger partial charge on any atom is -0.339 e. The van der Waals surface area contributed by atoms with Crippen LogP contribution in [0.15, 0.2) is 65.7 Å². The largest absolute Gasteiger partial charge is 0.339 e. The van der Waals surface area contributed by atoms with Crippen LogP contribution < -0.4 is 5.56 Å². The average Bonchev–Trinajstić information content (AvgIpc) is 3.28. The minimum absolute atomic E-state index is 0.0752. The number of carbonyl (C=O) groups is 1. The summed E-state index contributed by atoms with van der Waals surface area (Å²) in [5, 5.41) is 0. The van der Waals surface area contributed by atoms with E-state index >= 15 is 0 Å². The molecule has 0 saturated carbocycles. The van der Waals surface area contributed by atoms with Crippen LogP contribution in [0.25, 0.3) is 16.7 Å². The zero-order chi connectivity index (χ0) is 20.7. The molecule has 0 unspecified atom stereocenters. The Labute approximate surface area is 174 Å². The highest BCUT2D eigenvalue weighted by Crippen LogP contribution is 2.19. The smallest absolute Gasteiger partial charge is 0.276 e. The van der Waals surface area contributed by atoms with Gasteiger partial charge in [0.25, 0.3) is 11.5 Å². The Hall–Kier alpha value is -3.41. The second-order valence-corrected chi connectivity index (χ2v) is 8.17. The Morgan fingerprint density at radius 1 is 1.03 bits per heavy atom. The van der Waals surface area contributed by atoms with E-state index in [0.717, 1.165) is 37.0 Å². The van der Waals surface area contributed by atoms with Crippen LogP contribution in [0.3, 0.4) is 0 Å². The summed E-state index contributed by atoms with van der Waals surface area (Å²) >= 11 is 0. The lowest BCUT2D eigenvalue weighted by molar-refractivity contribution is 0.0697. The molecular weight excluding hydrogens is 376 g/mol. The summed E-state index contributed by atoms with van der Waals surface area (Å²) in [4.78, 5) is 32.2. The number of nitrogens with zero attached hydrogens (tertiary/aromatic N) is 4. The highest BCUT2D eigenvalue weighted by Gasteiger charge is 2.21. The van der Waals surface area contributed by atoms with Crippen molar-refractivity contribution in [1.82, 2.24) is 18.9 Å². The third-order valence-electron chi connectivity index (χ3n) is 6.11. The fourth-order valence-electron chi connectivity index (χ4n) is 4.26. The van der Waals surface area contributed by atoms with Gasteiger partial charge in [-0.1, -0.05) is 19.1 Å². The van der Waals surface area contributed by atoms with E-state index in [4.69, 9.17) is 0 Å². The van der Waals surface area contributed by atoms with Gasteiger partial charge in [-0.05, 0) is 60.7 Å². The molecule has 5 rings (SSSR count). The number of piperidine rings is 1. The van der Waals surface area contributed by atoms with Crippen LogP contribution >= 0.6 is 0 Å². The first-order valence-corrected chi connectivity index (χ1v) is 10.4. The topological polar surface area (TPSA) is 59.6 Å². The molecule has 0 radical (unpaired) electrons. The first-order chi connectivity index (χ1) is 14.6. The number of likely N-dealkylation sites (tertiary alicyclic amines) is 1. The van der Waals surface area contributed by atoms with Gasteiger partial charge in [0.15, 0.2) is 5.65 Å². The standard InChI is InChI=1S/C24H24N4O2/c1-17-10-14-26(15-11-17)23(29)19-8-6-18(7-9-19)16-28-22-20(4-2-12-25-22)27-13-3-5-21(27)24(28)30/h2-9,12-13,17H,10-11,14-16H2,1H3.